The number of ether oxygens (including phenoxy) is 1. The molecule has 1 saturated heterocycles. The summed E-state index contributed by atoms with van der Waals surface area (Å²) in [5.41, 5.74) is 4.77. The van der Waals surface area contributed by atoms with Crippen molar-refractivity contribution < 1.29 is 23.4 Å². The van der Waals surface area contributed by atoms with Gasteiger partial charge in [-0.1, -0.05) is 19.1 Å². The van der Waals surface area contributed by atoms with Crippen molar-refractivity contribution in [3.63, 3.8) is 0 Å². The van der Waals surface area contributed by atoms with Crippen molar-refractivity contribution >= 4 is 27.8 Å². The van der Waals surface area contributed by atoms with Crippen LogP contribution in [0.4, 0.5) is 8.78 Å². The summed E-state index contributed by atoms with van der Waals surface area (Å²) in [5, 5.41) is 10.3. The van der Waals surface area contributed by atoms with E-state index in [1.807, 2.05) is 46.8 Å². The number of carbonyl (C=O) groups excluding carboxylic acids is 1. The van der Waals surface area contributed by atoms with Gasteiger partial charge >= 0.3 is 0 Å². The molecule has 45 heavy (non-hydrogen) atoms. The highest BCUT2D eigenvalue weighted by molar-refractivity contribution is 6.00. The molecule has 3 aliphatic rings. The Morgan fingerprint density at radius 3 is 2.44 bits per heavy atom. The lowest BCUT2D eigenvalue weighted by atomic mass is 10.0. The van der Waals surface area contributed by atoms with Crippen LogP contribution in [-0.4, -0.2) is 49.7 Å². The Kier molecular flexibility index (Phi) is 6.53. The molecule has 9 heteroatoms. The molecule has 7 nitrogen and oxygen atoms in total. The van der Waals surface area contributed by atoms with Crippen molar-refractivity contribution in [2.24, 2.45) is 24.8 Å². The van der Waals surface area contributed by atoms with Crippen LogP contribution >= 0.6 is 0 Å². The molecule has 0 spiro atoms. The van der Waals surface area contributed by atoms with E-state index in [1.165, 1.54) is 18.6 Å². The summed E-state index contributed by atoms with van der Waals surface area (Å²) < 4.78 is 39.3. The minimum absolute atomic E-state index is 0.0386. The van der Waals surface area contributed by atoms with Crippen molar-refractivity contribution in [2.45, 2.75) is 51.8 Å². The SMILES string of the molecule is COc1cc(C(=O)N2CC3CCC2[C@@H]3C)cc2nc(-c3cc4ccc(-c5cc(F)c(CO)c(F)c5)cc4n3CC3CC3)n(C)c12. The van der Waals surface area contributed by atoms with E-state index in [2.05, 4.69) is 17.6 Å². The van der Waals surface area contributed by atoms with Crippen LogP contribution in [-0.2, 0) is 20.2 Å². The van der Waals surface area contributed by atoms with Crippen LogP contribution in [0.3, 0.4) is 0 Å². The fraction of sp³-hybridized carbons (Fsp3) is 0.389. The molecule has 3 aromatic carbocycles. The van der Waals surface area contributed by atoms with Gasteiger partial charge in [-0.15, -0.1) is 0 Å². The van der Waals surface area contributed by atoms with E-state index in [-0.39, 0.29) is 11.5 Å². The minimum atomic E-state index is -0.764. The zero-order valence-corrected chi connectivity index (χ0v) is 25.7. The van der Waals surface area contributed by atoms with Crippen molar-refractivity contribution in [1.82, 2.24) is 19.0 Å². The Morgan fingerprint density at radius 2 is 1.80 bits per heavy atom. The second-order valence-electron chi connectivity index (χ2n) is 13.2. The molecule has 1 N–H and O–H groups in total. The molecule has 2 unspecified atom stereocenters. The number of methoxy groups -OCH3 is 1. The van der Waals surface area contributed by atoms with Gasteiger partial charge in [0.1, 0.15) is 22.9 Å². The van der Waals surface area contributed by atoms with Gasteiger partial charge in [0.05, 0.1) is 24.9 Å². The van der Waals surface area contributed by atoms with E-state index < -0.39 is 18.2 Å². The fourth-order valence-electron chi connectivity index (χ4n) is 7.82. The van der Waals surface area contributed by atoms with E-state index in [0.717, 1.165) is 60.3 Å². The quantitative estimate of drug-likeness (QED) is 0.217. The highest BCUT2D eigenvalue weighted by Crippen LogP contribution is 2.44. The third-order valence-electron chi connectivity index (χ3n) is 10.6. The smallest absolute Gasteiger partial charge is 0.254 e. The van der Waals surface area contributed by atoms with Crippen LogP contribution < -0.4 is 4.74 Å². The lowest BCUT2D eigenvalue weighted by Gasteiger charge is -2.27. The third kappa shape index (κ3) is 4.46. The van der Waals surface area contributed by atoms with Gasteiger partial charge < -0.3 is 23.9 Å². The van der Waals surface area contributed by atoms with E-state index in [0.29, 0.717) is 51.8 Å². The maximum Gasteiger partial charge on any atom is 0.254 e. The van der Waals surface area contributed by atoms with Crippen LogP contribution in [0.1, 0.15) is 48.5 Å². The zero-order chi connectivity index (χ0) is 31.1. The number of hydrogen-bond acceptors (Lipinski definition) is 4. The lowest BCUT2D eigenvalue weighted by molar-refractivity contribution is 0.0696. The number of nitrogens with zero attached hydrogens (tertiary/aromatic N) is 4. The maximum absolute atomic E-state index is 14.6. The Hall–Kier alpha value is -4.24. The number of fused-ring (bicyclic) bond motifs is 4. The van der Waals surface area contributed by atoms with Crippen LogP contribution in [0.25, 0.3) is 44.6 Å². The number of carbonyl (C=O) groups is 1. The molecule has 3 atom stereocenters. The molecule has 3 heterocycles. The number of hydrogen-bond donors (Lipinski definition) is 1. The number of aromatic nitrogens is 3. The van der Waals surface area contributed by atoms with Gasteiger partial charge in [0.25, 0.3) is 5.91 Å². The molecule has 2 aromatic heterocycles. The van der Waals surface area contributed by atoms with Crippen LogP contribution in [0, 0.1) is 29.4 Å². The number of aliphatic hydroxyl groups excluding tert-OH is 1. The Bertz CT molecular complexity index is 1990. The normalized spacial score (nSPS) is 21.0. The van der Waals surface area contributed by atoms with Crippen LogP contribution in [0.15, 0.2) is 48.5 Å². The molecule has 2 bridgehead atoms. The Balaban J connectivity index is 1.24. The van der Waals surface area contributed by atoms with Crippen molar-refractivity contribution in [2.75, 3.05) is 13.7 Å². The summed E-state index contributed by atoms with van der Waals surface area (Å²) >= 11 is 0. The van der Waals surface area contributed by atoms with Crippen LogP contribution in [0.2, 0.25) is 0 Å². The predicted molar refractivity (Wildman–Crippen MR) is 169 cm³/mol. The van der Waals surface area contributed by atoms with Crippen molar-refractivity contribution in [1.29, 1.82) is 0 Å². The third-order valence-corrected chi connectivity index (χ3v) is 10.6. The molecule has 2 aliphatic carbocycles. The van der Waals surface area contributed by atoms with Gasteiger partial charge in [-0.05, 0) is 91.0 Å². The zero-order valence-electron chi connectivity index (χ0n) is 25.7. The summed E-state index contributed by atoms with van der Waals surface area (Å²) in [6, 6.07) is 14.5. The van der Waals surface area contributed by atoms with E-state index in [9.17, 15) is 18.7 Å². The molecule has 232 valence electrons. The summed E-state index contributed by atoms with van der Waals surface area (Å²) in [6.07, 6.45) is 4.56. The number of halogens is 2. The number of imidazole rings is 1. The summed E-state index contributed by atoms with van der Waals surface area (Å²) in [6.45, 7) is 3.18. The van der Waals surface area contributed by atoms with Crippen LogP contribution in [0.5, 0.6) is 5.75 Å². The van der Waals surface area contributed by atoms with E-state index in [4.69, 9.17) is 9.72 Å². The number of amides is 1. The van der Waals surface area contributed by atoms with Gasteiger partial charge in [0.2, 0.25) is 0 Å². The van der Waals surface area contributed by atoms with Gasteiger partial charge in [-0.25, -0.2) is 13.8 Å². The topological polar surface area (TPSA) is 72.5 Å². The first kappa shape index (κ1) is 28.2. The van der Waals surface area contributed by atoms with Gasteiger partial charge in [-0.2, -0.15) is 0 Å². The van der Waals surface area contributed by atoms with Gasteiger partial charge in [0, 0.05) is 48.2 Å². The number of aliphatic hydroxyl groups is 1. The first-order valence-electron chi connectivity index (χ1n) is 15.8. The van der Waals surface area contributed by atoms with E-state index in [1.54, 1.807) is 7.11 Å². The van der Waals surface area contributed by atoms with Gasteiger partial charge in [-0.3, -0.25) is 4.79 Å². The van der Waals surface area contributed by atoms with Gasteiger partial charge in [0.15, 0.2) is 5.82 Å². The Morgan fingerprint density at radius 1 is 1.02 bits per heavy atom. The fourth-order valence-corrected chi connectivity index (χ4v) is 7.82. The number of piperidine rings is 1. The second-order valence-corrected chi connectivity index (χ2v) is 13.2. The number of aryl methyl sites for hydroxylation is 1. The van der Waals surface area contributed by atoms with E-state index >= 15 is 0 Å². The monoisotopic (exact) mass is 610 g/mol. The molecule has 1 amide bonds. The first-order chi connectivity index (χ1) is 21.7. The first-order valence-corrected chi connectivity index (χ1v) is 15.8. The highest BCUT2D eigenvalue weighted by Gasteiger charge is 2.46. The molecule has 3 fully saturated rings. The lowest BCUT2D eigenvalue weighted by Crippen LogP contribution is -2.38. The summed E-state index contributed by atoms with van der Waals surface area (Å²) in [7, 11) is 3.59. The van der Waals surface area contributed by atoms with Crippen molar-refractivity contribution in [3.8, 4) is 28.4 Å². The molecule has 8 rings (SSSR count). The molecule has 2 saturated carbocycles. The molecule has 5 aromatic rings. The number of rotatable bonds is 7. The molecule has 0 radical (unpaired) electrons. The van der Waals surface area contributed by atoms with Crippen molar-refractivity contribution in [3.05, 3.63) is 71.3 Å². The predicted octanol–water partition coefficient (Wildman–Crippen LogP) is 6.92. The maximum atomic E-state index is 14.6. The summed E-state index contributed by atoms with van der Waals surface area (Å²) in [5.74, 6) is 1.54. The number of likely N-dealkylation sites (tertiary alicyclic amines) is 1. The molecular formula is C36H36F2N4O3. The number of benzene rings is 3. The molecule has 1 aliphatic heterocycles. The highest BCUT2D eigenvalue weighted by atomic mass is 19.1. The summed E-state index contributed by atoms with van der Waals surface area (Å²) in [4.78, 5) is 20.9. The Labute approximate surface area is 260 Å². The second kappa shape index (κ2) is 10.4. The standard InChI is InChI=1S/C36H36F2N4O3/c1-19-23-8-9-30(19)42(17-23)36(44)25-12-29-34(33(15-25)45-3)40(2)35(39-29)32-14-22-7-6-21(13-31(22)41(32)16-20-4-5-20)24-10-27(37)26(18-43)28(38)11-24/h6-7,10-15,19-20,23,30,43H,4-5,8-9,16-18H2,1-3H3/t19-,23?,30?/m1/s1. The molecular weight excluding hydrogens is 574 g/mol. The minimum Gasteiger partial charge on any atom is -0.494 e. The average Bonchev–Trinajstić information content (AvgIpc) is 3.44. The average molecular weight is 611 g/mol. The largest absolute Gasteiger partial charge is 0.494 e.